The lowest BCUT2D eigenvalue weighted by atomic mass is 9.91. The minimum Gasteiger partial charge on any atom is -0.508 e. The monoisotopic (exact) mass is 323 g/mol. The summed E-state index contributed by atoms with van der Waals surface area (Å²) in [7, 11) is -4.49. The Kier molecular flexibility index (Phi) is 5.19. The van der Waals surface area contributed by atoms with Crippen molar-refractivity contribution in [1.29, 1.82) is 0 Å². The third-order valence-corrected chi connectivity index (χ3v) is 3.83. The molecule has 1 aliphatic rings. The molecule has 1 aromatic rings. The van der Waals surface area contributed by atoms with Gasteiger partial charge in [0, 0.05) is 5.92 Å². The number of benzene rings is 1. The molecular formula is C15H18NO5P. The van der Waals surface area contributed by atoms with Gasteiger partial charge in [0.25, 0.3) is 0 Å². The second-order valence-corrected chi connectivity index (χ2v) is 6.35. The zero-order valence-corrected chi connectivity index (χ0v) is 12.7. The van der Waals surface area contributed by atoms with Crippen LogP contribution in [-0.4, -0.2) is 25.7 Å². The van der Waals surface area contributed by atoms with E-state index in [-0.39, 0.29) is 23.1 Å². The molecule has 0 bridgehead atoms. The fraction of sp³-hybridized carbons (Fsp3) is 0.267. The third-order valence-electron chi connectivity index (χ3n) is 3.34. The summed E-state index contributed by atoms with van der Waals surface area (Å²) in [5.74, 6) is -0.0425. The molecule has 0 heterocycles. The van der Waals surface area contributed by atoms with E-state index < -0.39 is 7.75 Å². The van der Waals surface area contributed by atoms with E-state index in [9.17, 15) is 14.8 Å². The smallest absolute Gasteiger partial charge is 0.448 e. The number of phenolic OH excluding ortho intramolecular Hbond substituents is 1. The predicted octanol–water partition coefficient (Wildman–Crippen LogP) is 2.88. The standard InChI is InChI=1S/C15H18NO5P/c17-13-6-4-11(5-7-13)2-1-3-12-10-14(18)8-9-15(12)16-22(19,20)21/h4-10,12,17-18H,1-3H2,(H2,19,20,21). The zero-order chi connectivity index (χ0) is 16.2. The lowest BCUT2D eigenvalue weighted by Crippen LogP contribution is -2.14. The minimum absolute atomic E-state index is 0.0688. The summed E-state index contributed by atoms with van der Waals surface area (Å²) in [6.45, 7) is 0. The molecule has 1 unspecified atom stereocenters. The second-order valence-electron chi connectivity index (χ2n) is 5.13. The van der Waals surface area contributed by atoms with E-state index in [2.05, 4.69) is 4.76 Å². The van der Waals surface area contributed by atoms with Gasteiger partial charge in [0.2, 0.25) is 0 Å². The number of phenols is 1. The second kappa shape index (κ2) is 6.92. The Balaban J connectivity index is 1.99. The molecule has 7 heteroatoms. The van der Waals surface area contributed by atoms with Gasteiger partial charge < -0.3 is 20.0 Å². The Labute approximate surface area is 128 Å². The first-order valence-electron chi connectivity index (χ1n) is 6.86. The SMILES string of the molecule is O=P(O)(O)N=C1C=CC(O)=CC1CCCc1ccc(O)cc1. The first kappa shape index (κ1) is 16.5. The van der Waals surface area contributed by atoms with Crippen LogP contribution in [0.5, 0.6) is 5.75 Å². The van der Waals surface area contributed by atoms with Crippen molar-refractivity contribution < 1.29 is 24.6 Å². The fourth-order valence-electron chi connectivity index (χ4n) is 2.32. The molecule has 1 aliphatic carbocycles. The molecule has 0 radical (unpaired) electrons. The summed E-state index contributed by atoms with van der Waals surface area (Å²) in [6, 6.07) is 6.89. The van der Waals surface area contributed by atoms with Crippen LogP contribution >= 0.6 is 7.75 Å². The molecule has 1 aromatic carbocycles. The number of aliphatic hydroxyl groups is 1. The molecule has 0 saturated heterocycles. The molecule has 0 spiro atoms. The predicted molar refractivity (Wildman–Crippen MR) is 83.9 cm³/mol. The molecule has 1 atom stereocenters. The van der Waals surface area contributed by atoms with Crippen LogP contribution < -0.4 is 0 Å². The van der Waals surface area contributed by atoms with E-state index in [4.69, 9.17) is 9.79 Å². The largest absolute Gasteiger partial charge is 0.508 e. The summed E-state index contributed by atoms with van der Waals surface area (Å²) < 4.78 is 14.4. The van der Waals surface area contributed by atoms with Gasteiger partial charge in [-0.25, -0.2) is 4.57 Å². The lowest BCUT2D eigenvalue weighted by Gasteiger charge is -2.17. The molecular weight excluding hydrogens is 305 g/mol. The molecule has 118 valence electrons. The maximum Gasteiger partial charge on any atom is 0.448 e. The van der Waals surface area contributed by atoms with Crippen molar-refractivity contribution in [3.05, 3.63) is 53.8 Å². The maximum absolute atomic E-state index is 11.0. The Morgan fingerprint density at radius 3 is 2.41 bits per heavy atom. The van der Waals surface area contributed by atoms with Gasteiger partial charge in [0.05, 0.1) is 5.71 Å². The highest BCUT2D eigenvalue weighted by atomic mass is 31.2. The summed E-state index contributed by atoms with van der Waals surface area (Å²) in [5, 5.41) is 18.8. The van der Waals surface area contributed by atoms with Gasteiger partial charge in [-0.3, -0.25) is 0 Å². The van der Waals surface area contributed by atoms with E-state index in [0.717, 1.165) is 18.4 Å². The van der Waals surface area contributed by atoms with Crippen molar-refractivity contribution in [2.24, 2.45) is 10.7 Å². The van der Waals surface area contributed by atoms with Crippen LogP contribution in [0, 0.1) is 5.92 Å². The number of aryl methyl sites for hydroxylation is 1. The highest BCUT2D eigenvalue weighted by Gasteiger charge is 2.20. The highest BCUT2D eigenvalue weighted by Crippen LogP contribution is 2.38. The molecule has 6 nitrogen and oxygen atoms in total. The molecule has 0 aromatic heterocycles. The number of aromatic hydroxyl groups is 1. The number of aliphatic hydroxyl groups excluding tert-OH is 1. The Morgan fingerprint density at radius 1 is 1.09 bits per heavy atom. The van der Waals surface area contributed by atoms with Crippen LogP contribution in [0.1, 0.15) is 18.4 Å². The normalized spacial score (nSPS) is 20.2. The number of nitrogens with zero attached hydrogens (tertiary/aromatic N) is 1. The molecule has 0 saturated carbocycles. The van der Waals surface area contributed by atoms with E-state index in [1.165, 1.54) is 12.2 Å². The van der Waals surface area contributed by atoms with Crippen molar-refractivity contribution in [3.8, 4) is 5.75 Å². The van der Waals surface area contributed by atoms with E-state index in [1.807, 2.05) is 12.1 Å². The zero-order valence-electron chi connectivity index (χ0n) is 11.8. The van der Waals surface area contributed by atoms with Crippen molar-refractivity contribution in [3.63, 3.8) is 0 Å². The van der Waals surface area contributed by atoms with E-state index in [0.29, 0.717) is 6.42 Å². The average molecular weight is 323 g/mol. The van der Waals surface area contributed by atoms with Crippen molar-refractivity contribution >= 4 is 13.5 Å². The molecule has 4 N–H and O–H groups in total. The van der Waals surface area contributed by atoms with Crippen LogP contribution in [-0.2, 0) is 11.0 Å². The first-order valence-corrected chi connectivity index (χ1v) is 8.42. The summed E-state index contributed by atoms with van der Waals surface area (Å²) in [6.07, 6.45) is 6.47. The van der Waals surface area contributed by atoms with Gasteiger partial charge in [-0.15, -0.1) is 0 Å². The van der Waals surface area contributed by atoms with E-state index >= 15 is 0 Å². The first-order chi connectivity index (χ1) is 10.3. The number of hydrogen-bond donors (Lipinski definition) is 4. The van der Waals surface area contributed by atoms with Crippen molar-refractivity contribution in [2.45, 2.75) is 19.3 Å². The highest BCUT2D eigenvalue weighted by molar-refractivity contribution is 7.50. The molecule has 0 aliphatic heterocycles. The van der Waals surface area contributed by atoms with Gasteiger partial charge in [-0.05, 0) is 55.2 Å². The number of hydrogen-bond acceptors (Lipinski definition) is 3. The van der Waals surface area contributed by atoms with Crippen LogP contribution in [0.2, 0.25) is 0 Å². The van der Waals surface area contributed by atoms with Gasteiger partial charge in [-0.1, -0.05) is 12.1 Å². The summed E-state index contributed by atoms with van der Waals surface area (Å²) in [5.41, 5.74) is 1.34. The van der Waals surface area contributed by atoms with Crippen LogP contribution in [0.4, 0.5) is 0 Å². The Bertz CT molecular complexity index is 657. The number of allylic oxidation sites excluding steroid dienone is 3. The van der Waals surface area contributed by atoms with Gasteiger partial charge in [0.15, 0.2) is 0 Å². The van der Waals surface area contributed by atoms with Crippen LogP contribution in [0.25, 0.3) is 0 Å². The van der Waals surface area contributed by atoms with Crippen molar-refractivity contribution in [1.82, 2.24) is 0 Å². The van der Waals surface area contributed by atoms with Gasteiger partial charge in [-0.2, -0.15) is 4.76 Å². The minimum atomic E-state index is -4.49. The molecule has 0 amide bonds. The third kappa shape index (κ3) is 5.15. The van der Waals surface area contributed by atoms with Crippen LogP contribution in [0.3, 0.4) is 0 Å². The van der Waals surface area contributed by atoms with Crippen LogP contribution in [0.15, 0.2) is 53.0 Å². The quantitative estimate of drug-likeness (QED) is 0.623. The molecule has 22 heavy (non-hydrogen) atoms. The molecule has 0 fully saturated rings. The maximum atomic E-state index is 11.0. The van der Waals surface area contributed by atoms with Gasteiger partial charge >= 0.3 is 7.75 Å². The molecule has 2 rings (SSSR count). The lowest BCUT2D eigenvalue weighted by molar-refractivity contribution is 0.374. The average Bonchev–Trinajstić information content (AvgIpc) is 2.42. The van der Waals surface area contributed by atoms with Gasteiger partial charge in [0.1, 0.15) is 11.5 Å². The van der Waals surface area contributed by atoms with Crippen molar-refractivity contribution in [2.75, 3.05) is 0 Å². The summed E-state index contributed by atoms with van der Waals surface area (Å²) >= 11 is 0. The number of rotatable bonds is 5. The van der Waals surface area contributed by atoms with E-state index in [1.54, 1.807) is 18.2 Å². The fourth-order valence-corrected chi connectivity index (χ4v) is 2.84. The Morgan fingerprint density at radius 2 is 1.77 bits per heavy atom. The summed E-state index contributed by atoms with van der Waals surface area (Å²) in [4.78, 5) is 17.9. The Hall–Kier alpha value is -1.88. The topological polar surface area (TPSA) is 110 Å².